The van der Waals surface area contributed by atoms with Gasteiger partial charge in [-0.1, -0.05) is 6.07 Å². The van der Waals surface area contributed by atoms with Crippen molar-refractivity contribution in [1.29, 1.82) is 0 Å². The Kier molecular flexibility index (Phi) is 8.98. The fourth-order valence-corrected chi connectivity index (χ4v) is 4.83. The molecule has 0 radical (unpaired) electrons. The fraction of sp³-hybridized carbons (Fsp3) is 0.538. The molecule has 2 saturated heterocycles. The van der Waals surface area contributed by atoms with Gasteiger partial charge in [0.05, 0.1) is 19.8 Å². The van der Waals surface area contributed by atoms with E-state index in [0.717, 1.165) is 5.56 Å². The van der Waals surface area contributed by atoms with Crippen LogP contribution in [0.1, 0.15) is 18.4 Å². The summed E-state index contributed by atoms with van der Waals surface area (Å²) in [6, 6.07) is 5.46. The van der Waals surface area contributed by atoms with Crippen LogP contribution >= 0.6 is 0 Å². The monoisotopic (exact) mass is 575 g/mol. The van der Waals surface area contributed by atoms with Gasteiger partial charge in [0, 0.05) is 38.3 Å². The zero-order chi connectivity index (χ0) is 29.1. The number of hydrogen-bond acceptors (Lipinski definition) is 6. The lowest BCUT2D eigenvalue weighted by Crippen LogP contribution is -2.40. The highest BCUT2D eigenvalue weighted by atomic mass is 19.4. The molecule has 2 aliphatic heterocycles. The fourth-order valence-electron chi connectivity index (χ4n) is 4.83. The Bertz CT molecular complexity index is 1190. The first-order valence-corrected chi connectivity index (χ1v) is 12.8. The van der Waals surface area contributed by atoms with Crippen LogP contribution in [0.3, 0.4) is 0 Å². The molecule has 0 saturated carbocycles. The van der Waals surface area contributed by atoms with E-state index in [-0.39, 0.29) is 25.3 Å². The summed E-state index contributed by atoms with van der Waals surface area (Å²) in [6.07, 6.45) is -9.68. The maximum absolute atomic E-state index is 13.4. The van der Waals surface area contributed by atoms with Crippen LogP contribution in [-0.2, 0) is 4.74 Å². The molecular weight excluding hydrogens is 544 g/mol. The van der Waals surface area contributed by atoms with Crippen LogP contribution in [0, 0.1) is 12.8 Å². The molecule has 2 fully saturated rings. The second-order valence-electron chi connectivity index (χ2n) is 10.00. The minimum Gasteiger partial charge on any atom is -0.394 e. The number of aliphatic hydroxyl groups excluding tert-OH is 1. The Morgan fingerprint density at radius 3 is 2.50 bits per heavy atom. The zero-order valence-electron chi connectivity index (χ0n) is 21.8. The van der Waals surface area contributed by atoms with E-state index in [0.29, 0.717) is 48.9 Å². The van der Waals surface area contributed by atoms with Crippen molar-refractivity contribution < 1.29 is 41.0 Å². The number of rotatable bonds is 7. The van der Waals surface area contributed by atoms with Crippen LogP contribution in [0.2, 0.25) is 0 Å². The first kappa shape index (κ1) is 29.7. The van der Waals surface area contributed by atoms with E-state index >= 15 is 0 Å². The molecule has 0 aliphatic carbocycles. The standard InChI is InChI=1S/C26H31F6N5O3/c1-16-2-3-19(33-24(39)37-5-4-17(14-37)13-25(27,28)29)12-20(16)18-10-22(34-21(15-38)26(30,31)32)35-23(11-18)36-6-8-40-9-7-36/h2-3,10-12,17,21,38H,4-9,13-15H2,1H3,(H,33,39)(H,34,35). The zero-order valence-corrected chi connectivity index (χ0v) is 21.8. The Morgan fingerprint density at radius 1 is 1.12 bits per heavy atom. The largest absolute Gasteiger partial charge is 0.410 e. The molecule has 14 heteroatoms. The molecule has 1 aromatic heterocycles. The first-order chi connectivity index (χ1) is 18.8. The average molecular weight is 576 g/mol. The molecule has 2 atom stereocenters. The van der Waals surface area contributed by atoms with Gasteiger partial charge in [-0.05, 0) is 60.2 Å². The quantitative estimate of drug-likeness (QED) is 0.401. The molecule has 2 unspecified atom stereocenters. The van der Waals surface area contributed by atoms with Gasteiger partial charge in [-0.3, -0.25) is 0 Å². The van der Waals surface area contributed by atoms with Crippen molar-refractivity contribution in [2.75, 3.05) is 61.5 Å². The number of alkyl halides is 6. The molecule has 4 rings (SSSR count). The maximum Gasteiger partial charge on any atom is 0.410 e. The van der Waals surface area contributed by atoms with Gasteiger partial charge in [0.2, 0.25) is 0 Å². The third-order valence-corrected chi connectivity index (χ3v) is 6.94. The topological polar surface area (TPSA) is 90.0 Å². The number of carbonyl (C=O) groups excluding carboxylic acids is 1. The third-order valence-electron chi connectivity index (χ3n) is 6.94. The lowest BCUT2D eigenvalue weighted by Gasteiger charge is -2.29. The van der Waals surface area contributed by atoms with Crippen molar-refractivity contribution in [2.24, 2.45) is 5.92 Å². The smallest absolute Gasteiger partial charge is 0.394 e. The van der Waals surface area contributed by atoms with Gasteiger partial charge in [-0.15, -0.1) is 0 Å². The molecule has 2 aliphatic rings. The summed E-state index contributed by atoms with van der Waals surface area (Å²) in [5, 5.41) is 14.3. The summed E-state index contributed by atoms with van der Waals surface area (Å²) in [4.78, 5) is 20.4. The predicted octanol–water partition coefficient (Wildman–Crippen LogP) is 5.03. The summed E-state index contributed by atoms with van der Waals surface area (Å²) < 4.78 is 83.7. The van der Waals surface area contributed by atoms with Crippen LogP contribution in [-0.4, -0.2) is 85.4 Å². The van der Waals surface area contributed by atoms with Crippen LogP contribution in [0.5, 0.6) is 0 Å². The van der Waals surface area contributed by atoms with Crippen molar-refractivity contribution in [2.45, 2.75) is 38.2 Å². The van der Waals surface area contributed by atoms with Crippen molar-refractivity contribution in [3.8, 4) is 11.1 Å². The molecule has 8 nitrogen and oxygen atoms in total. The van der Waals surface area contributed by atoms with Gasteiger partial charge in [0.25, 0.3) is 0 Å². The number of hydrogen-bond donors (Lipinski definition) is 3. The summed E-state index contributed by atoms with van der Waals surface area (Å²) in [6.45, 7) is 2.66. The van der Waals surface area contributed by atoms with Gasteiger partial charge in [-0.25, -0.2) is 9.78 Å². The van der Waals surface area contributed by atoms with Crippen LogP contribution in [0.25, 0.3) is 11.1 Å². The Hall–Kier alpha value is -3.26. The van der Waals surface area contributed by atoms with Crippen LogP contribution in [0.15, 0.2) is 30.3 Å². The molecule has 0 spiro atoms. The lowest BCUT2D eigenvalue weighted by molar-refractivity contribution is -0.149. The van der Waals surface area contributed by atoms with Crippen molar-refractivity contribution in [3.05, 3.63) is 35.9 Å². The van der Waals surface area contributed by atoms with E-state index in [9.17, 15) is 36.2 Å². The van der Waals surface area contributed by atoms with Gasteiger partial charge in [0.1, 0.15) is 17.7 Å². The van der Waals surface area contributed by atoms with Crippen LogP contribution in [0.4, 0.5) is 48.5 Å². The van der Waals surface area contributed by atoms with Crippen molar-refractivity contribution in [1.82, 2.24) is 9.88 Å². The minimum atomic E-state index is -4.71. The number of amides is 2. The Morgan fingerprint density at radius 2 is 1.85 bits per heavy atom. The van der Waals surface area contributed by atoms with E-state index in [1.165, 1.54) is 11.0 Å². The molecule has 2 amide bonds. The number of urea groups is 1. The number of aromatic nitrogens is 1. The molecular formula is C26H31F6N5O3. The summed E-state index contributed by atoms with van der Waals surface area (Å²) >= 11 is 0. The van der Waals surface area contributed by atoms with E-state index in [1.54, 1.807) is 31.2 Å². The van der Waals surface area contributed by atoms with Gasteiger partial charge < -0.3 is 30.3 Å². The molecule has 0 bridgehead atoms. The van der Waals surface area contributed by atoms with E-state index < -0.39 is 43.4 Å². The Balaban J connectivity index is 1.59. The summed E-state index contributed by atoms with van der Waals surface area (Å²) in [5.41, 5.74) is 2.29. The van der Waals surface area contributed by atoms with Gasteiger partial charge >= 0.3 is 18.4 Å². The molecule has 1 aromatic carbocycles. The highest BCUT2D eigenvalue weighted by Gasteiger charge is 2.40. The molecule has 3 heterocycles. The molecule has 2 aromatic rings. The SMILES string of the molecule is Cc1ccc(NC(=O)N2CCC(CC(F)(F)F)C2)cc1-c1cc(NC(CO)C(F)(F)F)nc(N2CCOCC2)c1. The third kappa shape index (κ3) is 7.68. The average Bonchev–Trinajstić information content (AvgIpc) is 3.35. The molecule has 40 heavy (non-hydrogen) atoms. The number of nitrogens with zero attached hydrogens (tertiary/aromatic N) is 3. The second-order valence-corrected chi connectivity index (χ2v) is 10.00. The number of benzene rings is 1. The molecule has 220 valence electrons. The van der Waals surface area contributed by atoms with Crippen molar-refractivity contribution >= 4 is 23.4 Å². The first-order valence-electron chi connectivity index (χ1n) is 12.8. The number of pyridine rings is 1. The number of halogens is 6. The number of aryl methyl sites for hydroxylation is 1. The van der Waals surface area contributed by atoms with E-state index in [1.807, 2.05) is 4.90 Å². The number of ether oxygens (including phenoxy) is 1. The second kappa shape index (κ2) is 12.1. The number of morpholine rings is 1. The number of likely N-dealkylation sites (tertiary alicyclic amines) is 1. The highest BCUT2D eigenvalue weighted by Crippen LogP contribution is 2.34. The predicted molar refractivity (Wildman–Crippen MR) is 137 cm³/mol. The normalized spacial score (nSPS) is 19.1. The number of carbonyl (C=O) groups is 1. The van der Waals surface area contributed by atoms with Crippen molar-refractivity contribution in [3.63, 3.8) is 0 Å². The van der Waals surface area contributed by atoms with Crippen LogP contribution < -0.4 is 15.5 Å². The van der Waals surface area contributed by atoms with E-state index in [2.05, 4.69) is 15.6 Å². The lowest BCUT2D eigenvalue weighted by atomic mass is 10.00. The minimum absolute atomic E-state index is 0.00240. The number of anilines is 3. The number of nitrogens with one attached hydrogen (secondary N) is 2. The Labute approximate surface area is 227 Å². The highest BCUT2D eigenvalue weighted by molar-refractivity contribution is 5.91. The number of aliphatic hydroxyl groups is 1. The maximum atomic E-state index is 13.4. The summed E-state index contributed by atoms with van der Waals surface area (Å²) in [5.74, 6) is -0.319. The van der Waals surface area contributed by atoms with Gasteiger partial charge in [0.15, 0.2) is 0 Å². The molecule has 3 N–H and O–H groups in total. The van der Waals surface area contributed by atoms with Gasteiger partial charge in [-0.2, -0.15) is 26.3 Å². The van der Waals surface area contributed by atoms with E-state index in [4.69, 9.17) is 4.74 Å². The summed E-state index contributed by atoms with van der Waals surface area (Å²) in [7, 11) is 0.